The van der Waals surface area contributed by atoms with Crippen LogP contribution in [0.2, 0.25) is 0 Å². The minimum Gasteiger partial charge on any atom is -0.377 e. The molecule has 3 unspecified atom stereocenters. The molecule has 0 aromatic heterocycles. The first-order valence-electron chi connectivity index (χ1n) is 17.5. The maximum absolute atomic E-state index is 13.3. The summed E-state index contributed by atoms with van der Waals surface area (Å²) in [5.41, 5.74) is 0. The number of nitrogens with two attached hydrogens (primary N) is 3. The first kappa shape index (κ1) is 48.5. The SMILES string of the molecule is CP(=O)(S)OC1CCC(C(=O)NC(CCC(=O)NC(CCC(=O)NCCOCCON)C(=O)NCCOCCON)C(=O)NCCOCCON)CC1. The largest absolute Gasteiger partial charge is 0.377 e. The average molecular weight is 803 g/mol. The second-order valence-corrected chi connectivity index (χ2v) is 16.0. The van der Waals surface area contributed by atoms with Gasteiger partial charge in [-0.2, -0.15) is 0 Å². The predicted molar refractivity (Wildman–Crippen MR) is 194 cm³/mol. The lowest BCUT2D eigenvalue weighted by atomic mass is 9.86. The number of rotatable bonds is 31. The van der Waals surface area contributed by atoms with Crippen molar-refractivity contribution in [2.24, 2.45) is 23.6 Å². The summed E-state index contributed by atoms with van der Waals surface area (Å²) in [6.07, 6.45) is 1.14. The molecule has 0 saturated heterocycles. The molecule has 0 aromatic carbocycles. The molecule has 1 rings (SSSR count). The second kappa shape index (κ2) is 29.8. The number of nitrogens with one attached hydrogen (secondary N) is 5. The summed E-state index contributed by atoms with van der Waals surface area (Å²) in [6, 6.07) is -2.18. The van der Waals surface area contributed by atoms with Crippen LogP contribution in [-0.2, 0) is 61.8 Å². The van der Waals surface area contributed by atoms with Gasteiger partial charge in [-0.1, -0.05) is 12.2 Å². The molecule has 0 bridgehead atoms. The van der Waals surface area contributed by atoms with E-state index in [0.717, 1.165) is 0 Å². The van der Waals surface area contributed by atoms with Crippen molar-refractivity contribution in [3.05, 3.63) is 0 Å². The molecule has 23 heteroatoms. The Kier molecular flexibility index (Phi) is 27.3. The molecule has 0 aromatic rings. The van der Waals surface area contributed by atoms with Crippen LogP contribution >= 0.6 is 18.8 Å². The number of thiol groups is 1. The average Bonchev–Trinajstić information content (AvgIpc) is 3.12. The maximum Gasteiger partial charge on any atom is 0.252 e. The lowest BCUT2D eigenvalue weighted by Crippen LogP contribution is -2.51. The van der Waals surface area contributed by atoms with Crippen molar-refractivity contribution >= 4 is 48.4 Å². The molecule has 0 radical (unpaired) electrons. The fraction of sp³-hybridized carbons (Fsp3) is 0.833. The lowest BCUT2D eigenvalue weighted by Gasteiger charge is -2.29. The number of carbonyl (C=O) groups excluding carboxylic acids is 5. The summed E-state index contributed by atoms with van der Waals surface area (Å²) in [7, 11) is 0. The number of ether oxygens (including phenoxy) is 3. The Morgan fingerprint density at radius 1 is 0.642 bits per heavy atom. The van der Waals surface area contributed by atoms with Gasteiger partial charge in [-0.15, -0.1) is 0 Å². The number of carbonyl (C=O) groups is 5. The van der Waals surface area contributed by atoms with Crippen LogP contribution < -0.4 is 44.3 Å². The van der Waals surface area contributed by atoms with Crippen molar-refractivity contribution in [1.82, 2.24) is 26.6 Å². The molecule has 3 atom stereocenters. The number of hydrogen-bond donors (Lipinski definition) is 9. The number of hydrogen-bond acceptors (Lipinski definition) is 16. The first-order chi connectivity index (χ1) is 25.4. The third-order valence-corrected chi connectivity index (χ3v) is 8.66. The molecule has 11 N–H and O–H groups in total. The minimum absolute atomic E-state index is 0.0317. The molecule has 5 amide bonds. The Morgan fingerprint density at radius 2 is 1.08 bits per heavy atom. The van der Waals surface area contributed by atoms with E-state index in [-0.39, 0.29) is 123 Å². The van der Waals surface area contributed by atoms with Gasteiger partial charge in [-0.3, -0.25) is 28.5 Å². The van der Waals surface area contributed by atoms with Gasteiger partial charge in [0.25, 0.3) is 6.57 Å². The van der Waals surface area contributed by atoms with Gasteiger partial charge in [0, 0.05) is 45.1 Å². The van der Waals surface area contributed by atoms with Crippen LogP contribution in [0.5, 0.6) is 0 Å². The molecule has 0 aliphatic heterocycles. The fourth-order valence-corrected chi connectivity index (χ4v) is 6.23. The lowest BCUT2D eigenvalue weighted by molar-refractivity contribution is -0.133. The summed E-state index contributed by atoms with van der Waals surface area (Å²) in [4.78, 5) is 78.4. The van der Waals surface area contributed by atoms with Crippen LogP contribution in [0.4, 0.5) is 0 Å². The van der Waals surface area contributed by atoms with E-state index in [9.17, 15) is 28.5 Å². The topological polar surface area (TPSA) is 305 Å². The zero-order valence-electron chi connectivity index (χ0n) is 30.4. The van der Waals surface area contributed by atoms with Gasteiger partial charge in [0.15, 0.2) is 0 Å². The smallest absolute Gasteiger partial charge is 0.252 e. The van der Waals surface area contributed by atoms with Gasteiger partial charge in [-0.05, 0) is 38.5 Å². The van der Waals surface area contributed by atoms with Crippen LogP contribution in [0.15, 0.2) is 0 Å². The summed E-state index contributed by atoms with van der Waals surface area (Å²) in [5, 5.41) is 13.4. The van der Waals surface area contributed by atoms with E-state index in [4.69, 9.17) is 36.4 Å². The van der Waals surface area contributed by atoms with Gasteiger partial charge >= 0.3 is 0 Å². The zero-order valence-corrected chi connectivity index (χ0v) is 32.2. The standard InChI is InChI=1S/C30H59N8O13PS/c1-52(44,53)51-23-4-2-22(3-5-23)28(41)38-25(30(43)36-12-15-47-18-21-50-33)7-9-27(40)37-24(29(42)35-11-14-46-17-20-49-32)6-8-26(39)34-10-13-45-16-19-48-31/h22-25H,2-21,31-33H2,1H3,(H,34,39)(H,35,42)(H,36,43)(H,37,40)(H,38,41)(H,44,53). The van der Waals surface area contributed by atoms with E-state index in [1.807, 2.05) is 0 Å². The van der Waals surface area contributed by atoms with Crippen molar-refractivity contribution < 1.29 is 61.8 Å². The van der Waals surface area contributed by atoms with E-state index in [1.165, 1.54) is 6.66 Å². The second-order valence-electron chi connectivity index (χ2n) is 12.0. The van der Waals surface area contributed by atoms with Gasteiger partial charge in [0.05, 0.1) is 65.6 Å². The molecule has 53 heavy (non-hydrogen) atoms. The molecule has 308 valence electrons. The Labute approximate surface area is 315 Å². The Hall–Kier alpha value is -2.47. The Balaban J connectivity index is 2.84. The highest BCUT2D eigenvalue weighted by Crippen LogP contribution is 2.50. The number of amides is 5. The van der Waals surface area contributed by atoms with Crippen molar-refractivity contribution in [3.8, 4) is 0 Å². The van der Waals surface area contributed by atoms with Crippen LogP contribution in [0.1, 0.15) is 51.4 Å². The van der Waals surface area contributed by atoms with Gasteiger partial charge in [-0.25, -0.2) is 17.7 Å². The van der Waals surface area contributed by atoms with Gasteiger partial charge in [0.2, 0.25) is 29.5 Å². The monoisotopic (exact) mass is 802 g/mol. The van der Waals surface area contributed by atoms with Gasteiger partial charge < -0.3 is 59.8 Å². The minimum atomic E-state index is -2.99. The molecule has 1 aliphatic carbocycles. The molecule has 0 heterocycles. The Bertz CT molecular complexity index is 1120. The zero-order chi connectivity index (χ0) is 39.3. The van der Waals surface area contributed by atoms with E-state index >= 15 is 0 Å². The van der Waals surface area contributed by atoms with Crippen LogP contribution in [0.25, 0.3) is 0 Å². The van der Waals surface area contributed by atoms with Crippen LogP contribution in [-0.4, -0.2) is 133 Å². The van der Waals surface area contributed by atoms with Crippen LogP contribution in [0, 0.1) is 5.92 Å². The maximum atomic E-state index is 13.3. The summed E-state index contributed by atoms with van der Waals surface area (Å²) < 4.78 is 33.3. The van der Waals surface area contributed by atoms with Crippen molar-refractivity contribution in [1.29, 1.82) is 0 Å². The molecule has 1 aliphatic rings. The predicted octanol–water partition coefficient (Wildman–Crippen LogP) is -2.09. The summed E-state index contributed by atoms with van der Waals surface area (Å²) >= 11 is 3.99. The highest BCUT2D eigenvalue weighted by molar-refractivity contribution is 8.46. The molecular formula is C30H59N8O13PS. The Morgan fingerprint density at radius 3 is 1.53 bits per heavy atom. The van der Waals surface area contributed by atoms with Crippen molar-refractivity contribution in [3.63, 3.8) is 0 Å². The first-order valence-corrected chi connectivity index (χ1v) is 20.7. The van der Waals surface area contributed by atoms with Crippen LogP contribution in [0.3, 0.4) is 0 Å². The fourth-order valence-electron chi connectivity index (χ4n) is 5.07. The van der Waals surface area contributed by atoms with Crippen molar-refractivity contribution in [2.75, 3.05) is 85.8 Å². The van der Waals surface area contributed by atoms with E-state index in [2.05, 4.69) is 53.3 Å². The van der Waals surface area contributed by atoms with Crippen molar-refractivity contribution in [2.45, 2.75) is 69.6 Å². The normalized spacial score (nSPS) is 17.9. The quantitative estimate of drug-likeness (QED) is 0.0157. The summed E-state index contributed by atoms with van der Waals surface area (Å²) in [5.74, 6) is 12.1. The molecular weight excluding hydrogens is 743 g/mol. The third-order valence-electron chi connectivity index (χ3n) is 7.69. The van der Waals surface area contributed by atoms with E-state index < -0.39 is 42.3 Å². The molecule has 1 saturated carbocycles. The highest BCUT2D eigenvalue weighted by Gasteiger charge is 2.32. The molecule has 1 fully saturated rings. The third kappa shape index (κ3) is 25.3. The van der Waals surface area contributed by atoms with E-state index in [1.54, 1.807) is 0 Å². The molecule has 0 spiro atoms. The summed E-state index contributed by atoms with van der Waals surface area (Å²) in [6.45, 7) is 0.614. The van der Waals surface area contributed by atoms with Gasteiger partial charge in [0.1, 0.15) is 12.1 Å². The van der Waals surface area contributed by atoms with E-state index in [0.29, 0.717) is 25.7 Å². The molecule has 21 nitrogen and oxygen atoms in total. The highest BCUT2D eigenvalue weighted by atomic mass is 32.7.